The molecule has 1 aromatic carbocycles. The molecule has 28 heavy (non-hydrogen) atoms. The fourth-order valence-corrected chi connectivity index (χ4v) is 3.28. The highest BCUT2D eigenvalue weighted by Crippen LogP contribution is 2.12. The minimum Gasteiger partial charge on any atom is -0.341 e. The Labute approximate surface area is 165 Å². The van der Waals surface area contributed by atoms with Gasteiger partial charge in [0.2, 0.25) is 5.91 Å². The fourth-order valence-electron chi connectivity index (χ4n) is 3.28. The molecule has 1 fully saturated rings. The molecule has 1 saturated heterocycles. The second-order valence-electron chi connectivity index (χ2n) is 7.03. The Morgan fingerprint density at radius 1 is 0.893 bits per heavy atom. The Morgan fingerprint density at radius 3 is 2.32 bits per heavy atom. The van der Waals surface area contributed by atoms with Gasteiger partial charge in [-0.15, -0.1) is 0 Å². The van der Waals surface area contributed by atoms with E-state index in [4.69, 9.17) is 0 Å². The molecule has 0 spiro atoms. The van der Waals surface area contributed by atoms with E-state index < -0.39 is 0 Å². The van der Waals surface area contributed by atoms with Crippen molar-refractivity contribution in [3.05, 3.63) is 65.5 Å². The van der Waals surface area contributed by atoms with Gasteiger partial charge >= 0.3 is 0 Å². The van der Waals surface area contributed by atoms with Crippen LogP contribution in [0.1, 0.15) is 45.7 Å². The van der Waals surface area contributed by atoms with Crippen molar-refractivity contribution in [3.8, 4) is 0 Å². The average molecular weight is 379 g/mol. The minimum absolute atomic E-state index is 0.0184. The van der Waals surface area contributed by atoms with E-state index in [9.17, 15) is 14.4 Å². The van der Waals surface area contributed by atoms with Crippen molar-refractivity contribution < 1.29 is 14.4 Å². The number of Topliss-reactive ketones (excluding diaryl/α,β-unsaturated/α-hetero) is 1. The van der Waals surface area contributed by atoms with E-state index in [0.29, 0.717) is 37.4 Å². The van der Waals surface area contributed by atoms with E-state index in [-0.39, 0.29) is 30.4 Å². The summed E-state index contributed by atoms with van der Waals surface area (Å²) in [6.45, 7) is 4.13. The lowest BCUT2D eigenvalue weighted by Gasteiger charge is -2.22. The van der Waals surface area contributed by atoms with Gasteiger partial charge in [-0.1, -0.05) is 35.9 Å². The maximum atomic E-state index is 12.5. The number of ketones is 1. The van der Waals surface area contributed by atoms with E-state index in [1.807, 2.05) is 19.1 Å². The lowest BCUT2D eigenvalue weighted by atomic mass is 10.0. The first-order valence-corrected chi connectivity index (χ1v) is 9.62. The summed E-state index contributed by atoms with van der Waals surface area (Å²) < 4.78 is 0. The van der Waals surface area contributed by atoms with Crippen LogP contribution in [0.5, 0.6) is 0 Å². The summed E-state index contributed by atoms with van der Waals surface area (Å²) in [4.78, 5) is 45.0. The molecule has 3 rings (SSSR count). The number of rotatable bonds is 5. The third-order valence-electron chi connectivity index (χ3n) is 4.96. The molecule has 0 atom stereocenters. The predicted octanol–water partition coefficient (Wildman–Crippen LogP) is 2.73. The molecule has 2 aromatic rings. The Hall–Kier alpha value is -3.02. The number of hydrogen-bond acceptors (Lipinski definition) is 4. The van der Waals surface area contributed by atoms with Crippen LogP contribution in [0.4, 0.5) is 0 Å². The highest BCUT2D eigenvalue weighted by molar-refractivity contribution is 5.98. The Bertz CT molecular complexity index is 834. The van der Waals surface area contributed by atoms with E-state index in [1.54, 1.807) is 46.3 Å². The summed E-state index contributed by atoms with van der Waals surface area (Å²) in [5.74, 6) is -0.160. The molecule has 1 aliphatic heterocycles. The number of amides is 2. The first-order chi connectivity index (χ1) is 13.5. The second-order valence-corrected chi connectivity index (χ2v) is 7.03. The number of carbonyl (C=O) groups is 3. The number of carbonyl (C=O) groups excluding carboxylic acids is 3. The molecule has 146 valence electrons. The Balaban J connectivity index is 1.50. The molecule has 1 aromatic heterocycles. The molecule has 0 aliphatic carbocycles. The number of hydrogen-bond donors (Lipinski definition) is 0. The molecule has 0 N–H and O–H groups in total. The summed E-state index contributed by atoms with van der Waals surface area (Å²) in [5, 5.41) is 0. The van der Waals surface area contributed by atoms with Crippen molar-refractivity contribution in [3.63, 3.8) is 0 Å². The smallest absolute Gasteiger partial charge is 0.272 e. The Kier molecular flexibility index (Phi) is 6.53. The highest BCUT2D eigenvalue weighted by atomic mass is 16.2. The predicted molar refractivity (Wildman–Crippen MR) is 106 cm³/mol. The summed E-state index contributed by atoms with van der Waals surface area (Å²) in [5.41, 5.74) is 2.16. The van der Waals surface area contributed by atoms with Crippen LogP contribution >= 0.6 is 0 Å². The van der Waals surface area contributed by atoms with Gasteiger partial charge in [0.25, 0.3) is 5.91 Å². The number of nitrogens with zero attached hydrogens (tertiary/aromatic N) is 3. The van der Waals surface area contributed by atoms with Gasteiger partial charge in [-0.2, -0.15) is 0 Å². The van der Waals surface area contributed by atoms with Gasteiger partial charge in [0, 0.05) is 50.8 Å². The van der Waals surface area contributed by atoms with Crippen molar-refractivity contribution in [2.45, 2.75) is 26.2 Å². The van der Waals surface area contributed by atoms with Crippen LogP contribution in [0, 0.1) is 6.92 Å². The standard InChI is InChI=1S/C22H25N3O3/c1-17-6-8-18(9-7-17)20(26)10-11-21(27)24-13-4-14-25(16-15-24)22(28)19-5-2-3-12-23-19/h2-3,5-9,12H,4,10-11,13-16H2,1H3. The Morgan fingerprint density at radius 2 is 1.61 bits per heavy atom. The van der Waals surface area contributed by atoms with Crippen LogP contribution in [-0.4, -0.2) is 58.6 Å². The molecule has 0 unspecified atom stereocenters. The highest BCUT2D eigenvalue weighted by Gasteiger charge is 2.23. The molecule has 0 bridgehead atoms. The van der Waals surface area contributed by atoms with Crippen molar-refractivity contribution in [2.75, 3.05) is 26.2 Å². The van der Waals surface area contributed by atoms with Gasteiger partial charge in [-0.25, -0.2) is 0 Å². The fraction of sp³-hybridized carbons (Fsp3) is 0.364. The van der Waals surface area contributed by atoms with E-state index in [1.165, 1.54) is 0 Å². The van der Waals surface area contributed by atoms with Crippen molar-refractivity contribution in [1.82, 2.24) is 14.8 Å². The normalized spacial score (nSPS) is 14.5. The van der Waals surface area contributed by atoms with Gasteiger partial charge in [-0.3, -0.25) is 19.4 Å². The van der Waals surface area contributed by atoms with Crippen molar-refractivity contribution >= 4 is 17.6 Å². The number of benzene rings is 1. The lowest BCUT2D eigenvalue weighted by molar-refractivity contribution is -0.131. The summed E-state index contributed by atoms with van der Waals surface area (Å²) in [6.07, 6.45) is 2.72. The van der Waals surface area contributed by atoms with E-state index in [0.717, 1.165) is 12.0 Å². The average Bonchev–Trinajstić information content (AvgIpc) is 2.99. The zero-order valence-electron chi connectivity index (χ0n) is 16.1. The molecule has 2 amide bonds. The van der Waals surface area contributed by atoms with E-state index >= 15 is 0 Å². The molecule has 6 nitrogen and oxygen atoms in total. The third kappa shape index (κ3) is 5.03. The molecule has 1 aliphatic rings. The van der Waals surface area contributed by atoms with Gasteiger partial charge in [-0.05, 0) is 25.5 Å². The maximum Gasteiger partial charge on any atom is 0.272 e. The monoisotopic (exact) mass is 379 g/mol. The number of pyridine rings is 1. The van der Waals surface area contributed by atoms with Crippen LogP contribution in [-0.2, 0) is 4.79 Å². The minimum atomic E-state index is -0.107. The van der Waals surface area contributed by atoms with Gasteiger partial charge in [0.15, 0.2) is 5.78 Å². The largest absolute Gasteiger partial charge is 0.341 e. The van der Waals surface area contributed by atoms with Crippen LogP contribution in [0.3, 0.4) is 0 Å². The third-order valence-corrected chi connectivity index (χ3v) is 4.96. The zero-order valence-corrected chi connectivity index (χ0v) is 16.1. The molecular weight excluding hydrogens is 354 g/mol. The van der Waals surface area contributed by atoms with Gasteiger partial charge in [0.1, 0.15) is 5.69 Å². The van der Waals surface area contributed by atoms with Crippen LogP contribution in [0.2, 0.25) is 0 Å². The van der Waals surface area contributed by atoms with Gasteiger partial charge < -0.3 is 9.80 Å². The van der Waals surface area contributed by atoms with Crippen LogP contribution in [0.15, 0.2) is 48.7 Å². The van der Waals surface area contributed by atoms with Gasteiger partial charge in [0.05, 0.1) is 0 Å². The SMILES string of the molecule is Cc1ccc(C(=O)CCC(=O)N2CCCN(C(=O)c3ccccn3)CC2)cc1. The molecule has 2 heterocycles. The zero-order chi connectivity index (χ0) is 19.9. The number of aromatic nitrogens is 1. The van der Waals surface area contributed by atoms with Crippen LogP contribution < -0.4 is 0 Å². The molecular formula is C22H25N3O3. The quantitative estimate of drug-likeness (QED) is 0.749. The molecule has 0 saturated carbocycles. The molecule has 0 radical (unpaired) electrons. The topological polar surface area (TPSA) is 70.6 Å². The molecule has 6 heteroatoms. The van der Waals surface area contributed by atoms with Crippen LogP contribution in [0.25, 0.3) is 0 Å². The van der Waals surface area contributed by atoms with Crippen molar-refractivity contribution in [2.24, 2.45) is 0 Å². The second kappa shape index (κ2) is 9.26. The first kappa shape index (κ1) is 19.7. The summed E-state index contributed by atoms with van der Waals surface area (Å²) >= 11 is 0. The summed E-state index contributed by atoms with van der Waals surface area (Å²) in [7, 11) is 0. The number of aryl methyl sites for hydroxylation is 1. The van der Waals surface area contributed by atoms with Crippen molar-refractivity contribution in [1.29, 1.82) is 0 Å². The first-order valence-electron chi connectivity index (χ1n) is 9.62. The summed E-state index contributed by atoms with van der Waals surface area (Å²) in [6, 6.07) is 12.7. The lowest BCUT2D eigenvalue weighted by Crippen LogP contribution is -2.37. The maximum absolute atomic E-state index is 12.5. The van der Waals surface area contributed by atoms with E-state index in [2.05, 4.69) is 4.98 Å².